The first-order chi connectivity index (χ1) is 14.2. The predicted octanol–water partition coefficient (Wildman–Crippen LogP) is 2.95. The van der Waals surface area contributed by atoms with Gasteiger partial charge < -0.3 is 19.4 Å². The summed E-state index contributed by atoms with van der Waals surface area (Å²) in [6, 6.07) is 10.0. The van der Waals surface area contributed by atoms with Gasteiger partial charge in [0.25, 0.3) is 5.91 Å². The molecule has 0 radical (unpaired) electrons. The largest absolute Gasteiger partial charge is 0.450 e. The van der Waals surface area contributed by atoms with Crippen molar-refractivity contribution in [3.63, 3.8) is 0 Å². The van der Waals surface area contributed by atoms with Crippen LogP contribution in [-0.4, -0.2) is 61.2 Å². The number of rotatable bonds is 3. The second kappa shape index (κ2) is 8.51. The molecule has 7 heteroatoms. The standard InChI is InChI=1S/C22H26N4O3/c1-2-29-22(28)25-12-10-24(11-13-25)19-14-18(15-23-16-19)21(27)26-9-5-7-17-6-3-4-8-20(17)26/h3-4,6,8,14-16H,2,5,7,9-13H2,1H3. The van der Waals surface area contributed by atoms with Crippen molar-refractivity contribution in [1.29, 1.82) is 0 Å². The Bertz CT molecular complexity index is 893. The molecule has 0 atom stereocenters. The molecule has 1 aromatic heterocycles. The highest BCUT2D eigenvalue weighted by atomic mass is 16.6. The third-order valence-electron chi connectivity index (χ3n) is 5.50. The number of ether oxygens (including phenoxy) is 1. The molecule has 4 rings (SSSR count). The van der Waals surface area contributed by atoms with Gasteiger partial charge in [-0.2, -0.15) is 0 Å². The molecule has 1 saturated heterocycles. The Morgan fingerprint density at radius 1 is 1.07 bits per heavy atom. The first kappa shape index (κ1) is 19.2. The molecule has 3 heterocycles. The number of hydrogen-bond acceptors (Lipinski definition) is 5. The lowest BCUT2D eigenvalue weighted by Crippen LogP contribution is -2.49. The van der Waals surface area contributed by atoms with E-state index in [2.05, 4.69) is 16.0 Å². The SMILES string of the molecule is CCOC(=O)N1CCN(c2cncc(C(=O)N3CCCc4ccccc43)c2)CC1. The minimum atomic E-state index is -0.266. The number of carbonyl (C=O) groups excluding carboxylic acids is 2. The summed E-state index contributed by atoms with van der Waals surface area (Å²) in [5.41, 5.74) is 3.71. The topological polar surface area (TPSA) is 66.0 Å². The van der Waals surface area contributed by atoms with Gasteiger partial charge in [0.2, 0.25) is 0 Å². The van der Waals surface area contributed by atoms with Gasteiger partial charge in [0.1, 0.15) is 0 Å². The van der Waals surface area contributed by atoms with Crippen LogP contribution in [0.5, 0.6) is 0 Å². The van der Waals surface area contributed by atoms with E-state index in [-0.39, 0.29) is 12.0 Å². The highest BCUT2D eigenvalue weighted by Gasteiger charge is 2.25. The van der Waals surface area contributed by atoms with Gasteiger partial charge in [-0.05, 0) is 37.5 Å². The van der Waals surface area contributed by atoms with Gasteiger partial charge in [-0.25, -0.2) is 4.79 Å². The molecule has 2 aliphatic rings. The number of hydrogen-bond donors (Lipinski definition) is 0. The second-order valence-corrected chi connectivity index (χ2v) is 7.29. The minimum Gasteiger partial charge on any atom is -0.450 e. The Morgan fingerprint density at radius 2 is 1.86 bits per heavy atom. The lowest BCUT2D eigenvalue weighted by Gasteiger charge is -2.35. The first-order valence-electron chi connectivity index (χ1n) is 10.2. The minimum absolute atomic E-state index is 0.0170. The van der Waals surface area contributed by atoms with E-state index in [0.717, 1.165) is 30.8 Å². The summed E-state index contributed by atoms with van der Waals surface area (Å²) < 4.78 is 5.07. The number of nitrogens with zero attached hydrogens (tertiary/aromatic N) is 4. The number of piperazine rings is 1. The fraction of sp³-hybridized carbons (Fsp3) is 0.409. The van der Waals surface area contributed by atoms with Crippen LogP contribution in [0.3, 0.4) is 0 Å². The van der Waals surface area contributed by atoms with Crippen LogP contribution in [0, 0.1) is 0 Å². The van der Waals surface area contributed by atoms with Gasteiger partial charge >= 0.3 is 6.09 Å². The zero-order valence-corrected chi connectivity index (χ0v) is 16.7. The Kier molecular flexibility index (Phi) is 5.64. The number of aryl methyl sites for hydroxylation is 1. The summed E-state index contributed by atoms with van der Waals surface area (Å²) in [6.07, 6.45) is 5.12. The normalized spacial score (nSPS) is 16.4. The average Bonchev–Trinajstić information content (AvgIpc) is 2.78. The molecule has 0 bridgehead atoms. The highest BCUT2D eigenvalue weighted by molar-refractivity contribution is 6.07. The van der Waals surface area contributed by atoms with Crippen molar-refractivity contribution in [3.05, 3.63) is 53.9 Å². The van der Waals surface area contributed by atoms with Crippen LogP contribution in [0.25, 0.3) is 0 Å². The third-order valence-corrected chi connectivity index (χ3v) is 5.50. The van der Waals surface area contributed by atoms with E-state index >= 15 is 0 Å². The smallest absolute Gasteiger partial charge is 0.409 e. The number of para-hydroxylation sites is 1. The number of amides is 2. The van der Waals surface area contributed by atoms with E-state index in [1.165, 1.54) is 5.56 Å². The lowest BCUT2D eigenvalue weighted by atomic mass is 10.0. The summed E-state index contributed by atoms with van der Waals surface area (Å²) >= 11 is 0. The first-order valence-corrected chi connectivity index (χ1v) is 10.2. The summed E-state index contributed by atoms with van der Waals surface area (Å²) in [4.78, 5) is 35.1. The van der Waals surface area contributed by atoms with Gasteiger partial charge in [0.05, 0.1) is 24.1 Å². The van der Waals surface area contributed by atoms with Crippen LogP contribution in [0.2, 0.25) is 0 Å². The van der Waals surface area contributed by atoms with Crippen LogP contribution < -0.4 is 9.80 Å². The van der Waals surface area contributed by atoms with Crippen LogP contribution >= 0.6 is 0 Å². The average molecular weight is 394 g/mol. The number of carbonyl (C=O) groups is 2. The van der Waals surface area contributed by atoms with E-state index in [4.69, 9.17) is 4.74 Å². The molecule has 0 saturated carbocycles. The van der Waals surface area contributed by atoms with Crippen molar-refractivity contribution in [2.75, 3.05) is 49.1 Å². The van der Waals surface area contributed by atoms with Crippen molar-refractivity contribution in [2.24, 2.45) is 0 Å². The number of fused-ring (bicyclic) bond motifs is 1. The summed E-state index contributed by atoms with van der Waals surface area (Å²) in [5.74, 6) is -0.0170. The Balaban J connectivity index is 1.47. The third kappa shape index (κ3) is 4.04. The fourth-order valence-corrected chi connectivity index (χ4v) is 3.98. The molecule has 2 aromatic rings. The summed E-state index contributed by atoms with van der Waals surface area (Å²) in [5, 5.41) is 0. The molecule has 0 aliphatic carbocycles. The van der Waals surface area contributed by atoms with Gasteiger partial charge in [0.15, 0.2) is 0 Å². The maximum absolute atomic E-state index is 13.2. The van der Waals surface area contributed by atoms with Crippen molar-refractivity contribution in [1.82, 2.24) is 9.88 Å². The van der Waals surface area contributed by atoms with Crippen LogP contribution in [0.4, 0.5) is 16.2 Å². The molecule has 2 aliphatic heterocycles. The van der Waals surface area contributed by atoms with Gasteiger partial charge in [-0.3, -0.25) is 9.78 Å². The number of aromatic nitrogens is 1. The van der Waals surface area contributed by atoms with E-state index in [9.17, 15) is 9.59 Å². The zero-order chi connectivity index (χ0) is 20.2. The zero-order valence-electron chi connectivity index (χ0n) is 16.7. The van der Waals surface area contributed by atoms with E-state index in [1.807, 2.05) is 36.1 Å². The molecule has 0 N–H and O–H groups in total. The van der Waals surface area contributed by atoms with Gasteiger partial charge in [-0.15, -0.1) is 0 Å². The highest BCUT2D eigenvalue weighted by Crippen LogP contribution is 2.28. The van der Waals surface area contributed by atoms with E-state index in [0.29, 0.717) is 38.3 Å². The molecule has 7 nitrogen and oxygen atoms in total. The number of pyridine rings is 1. The van der Waals surface area contributed by atoms with Crippen molar-refractivity contribution >= 4 is 23.4 Å². The van der Waals surface area contributed by atoms with Gasteiger partial charge in [0, 0.05) is 44.6 Å². The number of benzene rings is 1. The Hall–Kier alpha value is -3.09. The summed E-state index contributed by atoms with van der Waals surface area (Å²) in [6.45, 7) is 5.47. The Labute approximate surface area is 170 Å². The molecule has 0 unspecified atom stereocenters. The van der Waals surface area contributed by atoms with Crippen LogP contribution in [0.1, 0.15) is 29.3 Å². The van der Waals surface area contributed by atoms with Crippen molar-refractivity contribution < 1.29 is 14.3 Å². The second-order valence-electron chi connectivity index (χ2n) is 7.29. The van der Waals surface area contributed by atoms with Gasteiger partial charge in [-0.1, -0.05) is 18.2 Å². The number of anilines is 2. The lowest BCUT2D eigenvalue weighted by molar-refractivity contribution is 0.0984. The molecule has 2 amide bonds. The van der Waals surface area contributed by atoms with E-state index < -0.39 is 0 Å². The molecule has 1 aromatic carbocycles. The molecule has 0 spiro atoms. The molecule has 29 heavy (non-hydrogen) atoms. The Morgan fingerprint density at radius 3 is 2.66 bits per heavy atom. The van der Waals surface area contributed by atoms with Crippen molar-refractivity contribution in [2.45, 2.75) is 19.8 Å². The van der Waals surface area contributed by atoms with E-state index in [1.54, 1.807) is 17.3 Å². The maximum Gasteiger partial charge on any atom is 0.409 e. The molecule has 152 valence electrons. The summed E-state index contributed by atoms with van der Waals surface area (Å²) in [7, 11) is 0. The molecular formula is C22H26N4O3. The fourth-order valence-electron chi connectivity index (χ4n) is 3.98. The van der Waals surface area contributed by atoms with Crippen molar-refractivity contribution in [3.8, 4) is 0 Å². The quantitative estimate of drug-likeness (QED) is 0.801. The molecule has 1 fully saturated rings. The maximum atomic E-state index is 13.2. The van der Waals surface area contributed by atoms with Crippen LogP contribution in [0.15, 0.2) is 42.7 Å². The monoisotopic (exact) mass is 394 g/mol. The predicted molar refractivity (Wildman–Crippen MR) is 111 cm³/mol. The van der Waals surface area contributed by atoms with Crippen LogP contribution in [-0.2, 0) is 11.2 Å². The molecular weight excluding hydrogens is 368 g/mol.